The molecule has 3 rings (SSSR count). The van der Waals surface area contributed by atoms with Gasteiger partial charge in [0, 0.05) is 23.5 Å². The van der Waals surface area contributed by atoms with Crippen molar-refractivity contribution in [2.45, 2.75) is 39.0 Å². The normalized spacial score (nSPS) is 10.6. The lowest BCUT2D eigenvalue weighted by molar-refractivity contribution is -0.113. The van der Waals surface area contributed by atoms with Crippen molar-refractivity contribution in [2.24, 2.45) is 0 Å². The van der Waals surface area contributed by atoms with Crippen LogP contribution in [-0.2, 0) is 17.9 Å². The lowest BCUT2D eigenvalue weighted by Gasteiger charge is -2.09. The second-order valence-corrected chi connectivity index (χ2v) is 7.78. The van der Waals surface area contributed by atoms with Gasteiger partial charge in [0.15, 0.2) is 16.8 Å². The third-order valence-electron chi connectivity index (χ3n) is 4.52. The Balaban J connectivity index is 1.55. The van der Waals surface area contributed by atoms with Gasteiger partial charge in [0.05, 0.1) is 12.3 Å². The molecule has 7 nitrogen and oxygen atoms in total. The molecule has 0 spiro atoms. The van der Waals surface area contributed by atoms with E-state index in [1.165, 1.54) is 24.2 Å². The number of hydrogen-bond donors (Lipinski definition) is 2. The van der Waals surface area contributed by atoms with Crippen LogP contribution in [0.4, 0.5) is 11.4 Å². The molecule has 3 aromatic rings. The Morgan fingerprint density at radius 3 is 2.30 bits per heavy atom. The Bertz CT molecular complexity index is 1010. The molecule has 0 fully saturated rings. The zero-order valence-corrected chi connectivity index (χ0v) is 18.1. The van der Waals surface area contributed by atoms with Gasteiger partial charge in [-0.25, -0.2) is 0 Å². The zero-order chi connectivity index (χ0) is 21.5. The highest BCUT2D eigenvalue weighted by Gasteiger charge is 2.13. The Morgan fingerprint density at radius 2 is 1.67 bits per heavy atom. The molecule has 0 atom stereocenters. The number of aromatic nitrogens is 3. The van der Waals surface area contributed by atoms with E-state index in [0.717, 1.165) is 11.5 Å². The number of amides is 1. The number of carbonyl (C=O) groups is 2. The Kier molecular flexibility index (Phi) is 7.24. The molecule has 8 heteroatoms. The lowest BCUT2D eigenvalue weighted by atomic mass is 10.1. The van der Waals surface area contributed by atoms with E-state index in [4.69, 9.17) is 0 Å². The van der Waals surface area contributed by atoms with Crippen LogP contribution in [0.1, 0.15) is 35.6 Å². The molecule has 2 aromatic carbocycles. The Labute approximate surface area is 180 Å². The van der Waals surface area contributed by atoms with Gasteiger partial charge in [-0.3, -0.25) is 9.59 Å². The predicted octanol–water partition coefficient (Wildman–Crippen LogP) is 4.15. The number of thioether (sulfide) groups is 1. The van der Waals surface area contributed by atoms with Gasteiger partial charge in [-0.05, 0) is 57.2 Å². The van der Waals surface area contributed by atoms with Crippen LogP contribution < -0.4 is 10.6 Å². The van der Waals surface area contributed by atoms with Crippen molar-refractivity contribution in [2.75, 3.05) is 16.4 Å². The van der Waals surface area contributed by atoms with Gasteiger partial charge in [-0.1, -0.05) is 29.5 Å². The first-order valence-corrected chi connectivity index (χ1v) is 10.7. The number of Topliss-reactive ketones (excluding diaryl/α,β-unsaturated/α-hetero) is 1. The van der Waals surface area contributed by atoms with Gasteiger partial charge in [0.2, 0.25) is 5.91 Å². The molecule has 0 saturated heterocycles. The lowest BCUT2D eigenvalue weighted by Crippen LogP contribution is -2.15. The van der Waals surface area contributed by atoms with Crippen LogP contribution in [0.3, 0.4) is 0 Å². The van der Waals surface area contributed by atoms with E-state index < -0.39 is 0 Å². The molecule has 0 aliphatic rings. The first-order chi connectivity index (χ1) is 14.5. The van der Waals surface area contributed by atoms with Crippen molar-refractivity contribution in [1.29, 1.82) is 0 Å². The highest BCUT2D eigenvalue weighted by Crippen LogP contribution is 2.19. The van der Waals surface area contributed by atoms with Gasteiger partial charge >= 0.3 is 0 Å². The van der Waals surface area contributed by atoms with E-state index in [1.807, 2.05) is 23.6 Å². The van der Waals surface area contributed by atoms with Crippen molar-refractivity contribution in [3.05, 3.63) is 65.5 Å². The molecule has 0 aliphatic heterocycles. The van der Waals surface area contributed by atoms with Crippen LogP contribution in [0.15, 0.2) is 53.7 Å². The van der Waals surface area contributed by atoms with Gasteiger partial charge in [-0.15, -0.1) is 10.2 Å². The first-order valence-electron chi connectivity index (χ1n) is 9.72. The third-order valence-corrected chi connectivity index (χ3v) is 5.49. The summed E-state index contributed by atoms with van der Waals surface area (Å²) >= 11 is 1.35. The summed E-state index contributed by atoms with van der Waals surface area (Å²) in [5.41, 5.74) is 3.51. The van der Waals surface area contributed by atoms with E-state index in [1.54, 1.807) is 24.3 Å². The summed E-state index contributed by atoms with van der Waals surface area (Å²) < 4.78 is 2.00. The van der Waals surface area contributed by atoms with E-state index in [0.29, 0.717) is 29.5 Å². The van der Waals surface area contributed by atoms with Crippen molar-refractivity contribution in [1.82, 2.24) is 14.8 Å². The predicted molar refractivity (Wildman–Crippen MR) is 120 cm³/mol. The van der Waals surface area contributed by atoms with Crippen LogP contribution >= 0.6 is 11.8 Å². The van der Waals surface area contributed by atoms with Gasteiger partial charge in [0.1, 0.15) is 0 Å². The maximum Gasteiger partial charge on any atom is 0.234 e. The number of benzene rings is 2. The minimum atomic E-state index is -0.138. The molecule has 0 saturated carbocycles. The first kappa shape index (κ1) is 21.6. The summed E-state index contributed by atoms with van der Waals surface area (Å²) in [5, 5.41) is 15.4. The number of carbonyl (C=O) groups excluding carboxylic acids is 2. The van der Waals surface area contributed by atoms with Crippen molar-refractivity contribution in [3.8, 4) is 0 Å². The highest BCUT2D eigenvalue weighted by atomic mass is 32.2. The van der Waals surface area contributed by atoms with E-state index in [9.17, 15) is 9.59 Å². The summed E-state index contributed by atoms with van der Waals surface area (Å²) in [6.45, 7) is 6.87. The number of hydrogen-bond acceptors (Lipinski definition) is 6. The number of nitrogens with one attached hydrogen (secondary N) is 2. The standard InChI is InChI=1S/C22H25N5O2S/c1-4-27-20(13-23-18-9-5-15(2)6-10-18)25-26-22(27)30-14-21(29)24-19-11-7-17(8-12-19)16(3)28/h5-12,23H,4,13-14H2,1-3H3,(H,24,29). The summed E-state index contributed by atoms with van der Waals surface area (Å²) in [5.74, 6) is 0.897. The maximum atomic E-state index is 12.3. The second kappa shape index (κ2) is 10.1. The molecular formula is C22H25N5O2S. The Hall–Kier alpha value is -3.13. The molecule has 2 N–H and O–H groups in total. The zero-order valence-electron chi connectivity index (χ0n) is 17.3. The Morgan fingerprint density at radius 1 is 1.00 bits per heavy atom. The fourth-order valence-corrected chi connectivity index (χ4v) is 3.66. The van der Waals surface area contributed by atoms with E-state index in [2.05, 4.69) is 39.9 Å². The van der Waals surface area contributed by atoms with Crippen molar-refractivity contribution >= 4 is 34.8 Å². The monoisotopic (exact) mass is 423 g/mol. The number of anilines is 2. The van der Waals surface area contributed by atoms with Gasteiger partial charge < -0.3 is 15.2 Å². The fourth-order valence-electron chi connectivity index (χ4n) is 2.84. The van der Waals surface area contributed by atoms with Crippen LogP contribution in [0, 0.1) is 6.92 Å². The summed E-state index contributed by atoms with van der Waals surface area (Å²) in [4.78, 5) is 23.6. The number of ketones is 1. The van der Waals surface area contributed by atoms with Gasteiger partial charge in [-0.2, -0.15) is 0 Å². The molecule has 0 bridgehead atoms. The molecule has 1 aromatic heterocycles. The number of aryl methyl sites for hydroxylation is 1. The fraction of sp³-hybridized carbons (Fsp3) is 0.273. The molecule has 1 heterocycles. The molecule has 0 unspecified atom stereocenters. The van der Waals surface area contributed by atoms with Crippen LogP contribution in [0.2, 0.25) is 0 Å². The van der Waals surface area contributed by atoms with Crippen molar-refractivity contribution < 1.29 is 9.59 Å². The summed E-state index contributed by atoms with van der Waals surface area (Å²) in [6.07, 6.45) is 0. The molecule has 156 valence electrons. The van der Waals surface area contributed by atoms with Crippen LogP contribution in [0.25, 0.3) is 0 Å². The average Bonchev–Trinajstić information content (AvgIpc) is 3.14. The average molecular weight is 424 g/mol. The molecule has 1 amide bonds. The highest BCUT2D eigenvalue weighted by molar-refractivity contribution is 7.99. The van der Waals surface area contributed by atoms with Crippen LogP contribution in [0.5, 0.6) is 0 Å². The maximum absolute atomic E-state index is 12.3. The summed E-state index contributed by atoms with van der Waals surface area (Å²) in [7, 11) is 0. The smallest absolute Gasteiger partial charge is 0.234 e. The quantitative estimate of drug-likeness (QED) is 0.397. The second-order valence-electron chi connectivity index (χ2n) is 6.83. The molecular weight excluding hydrogens is 398 g/mol. The minimum Gasteiger partial charge on any atom is -0.378 e. The van der Waals surface area contributed by atoms with Crippen molar-refractivity contribution in [3.63, 3.8) is 0 Å². The van der Waals surface area contributed by atoms with E-state index in [-0.39, 0.29) is 17.4 Å². The number of nitrogens with zero attached hydrogens (tertiary/aromatic N) is 3. The molecule has 0 radical (unpaired) electrons. The SMILES string of the molecule is CCn1c(CNc2ccc(C)cc2)nnc1SCC(=O)Nc1ccc(C(C)=O)cc1. The topological polar surface area (TPSA) is 88.9 Å². The van der Waals surface area contributed by atoms with Crippen LogP contribution in [-0.4, -0.2) is 32.2 Å². The minimum absolute atomic E-state index is 0.00462. The molecule has 30 heavy (non-hydrogen) atoms. The van der Waals surface area contributed by atoms with E-state index >= 15 is 0 Å². The largest absolute Gasteiger partial charge is 0.378 e. The number of rotatable bonds is 9. The molecule has 0 aliphatic carbocycles. The third kappa shape index (κ3) is 5.70. The van der Waals surface area contributed by atoms with Gasteiger partial charge in [0.25, 0.3) is 0 Å². The summed E-state index contributed by atoms with van der Waals surface area (Å²) in [6, 6.07) is 15.0.